The minimum Gasteiger partial charge on any atom is -0.329 e. The number of rotatable bonds is 2. The second kappa shape index (κ2) is 3.88. The van der Waals surface area contributed by atoms with Crippen LogP contribution in [0.3, 0.4) is 0 Å². The molecule has 0 amide bonds. The Balaban J connectivity index is 2.70. The maximum absolute atomic E-state index is 5.99. The van der Waals surface area contributed by atoms with Gasteiger partial charge >= 0.3 is 0 Å². The number of para-hydroxylation sites is 1. The van der Waals surface area contributed by atoms with Gasteiger partial charge in [-0.15, -0.1) is 0 Å². The number of halogens is 2. The zero-order valence-corrected chi connectivity index (χ0v) is 9.72. The summed E-state index contributed by atoms with van der Waals surface area (Å²) in [5.74, 6) is 0. The molecule has 3 nitrogen and oxygen atoms in total. The Hall–Kier alpha value is -0.580. The molecule has 1 heterocycles. The summed E-state index contributed by atoms with van der Waals surface area (Å²) >= 11 is 9.42. The molecule has 0 saturated heterocycles. The molecule has 0 aliphatic heterocycles. The molecule has 0 atom stereocenters. The van der Waals surface area contributed by atoms with Crippen molar-refractivity contribution < 1.29 is 0 Å². The number of fused-ring (bicyclic) bond motifs is 1. The van der Waals surface area contributed by atoms with E-state index in [4.69, 9.17) is 17.3 Å². The first-order chi connectivity index (χ1) is 6.74. The Labute approximate surface area is 95.0 Å². The third-order valence-corrected chi connectivity index (χ3v) is 2.96. The summed E-state index contributed by atoms with van der Waals surface area (Å²) in [5.41, 5.74) is 7.39. The maximum atomic E-state index is 5.99. The summed E-state index contributed by atoms with van der Waals surface area (Å²) in [5, 5.41) is 0.484. The predicted molar refractivity (Wildman–Crippen MR) is 61.5 cm³/mol. The third kappa shape index (κ3) is 1.54. The van der Waals surface area contributed by atoms with Gasteiger partial charge in [-0.05, 0) is 39.7 Å². The van der Waals surface area contributed by atoms with Crippen molar-refractivity contribution in [1.29, 1.82) is 0 Å². The second-order valence-corrected chi connectivity index (χ2v) is 4.12. The monoisotopic (exact) mass is 273 g/mol. The lowest BCUT2D eigenvalue weighted by Gasteiger charge is -2.02. The van der Waals surface area contributed by atoms with Crippen molar-refractivity contribution in [2.24, 2.45) is 5.73 Å². The molecule has 0 bridgehead atoms. The molecular weight excluding hydrogens is 265 g/mol. The van der Waals surface area contributed by atoms with Gasteiger partial charge in [0, 0.05) is 17.6 Å². The van der Waals surface area contributed by atoms with Crippen LogP contribution in [0.5, 0.6) is 0 Å². The number of benzene rings is 1. The highest BCUT2D eigenvalue weighted by Crippen LogP contribution is 2.25. The summed E-state index contributed by atoms with van der Waals surface area (Å²) in [6, 6.07) is 5.88. The highest BCUT2D eigenvalue weighted by Gasteiger charge is 2.09. The Bertz CT molecular complexity index is 466. The van der Waals surface area contributed by atoms with E-state index in [1.54, 1.807) is 0 Å². The molecule has 0 aliphatic rings. The molecule has 0 aliphatic carbocycles. The summed E-state index contributed by atoms with van der Waals surface area (Å²) < 4.78 is 2.86. The number of nitrogens with two attached hydrogens (primary N) is 1. The summed E-state index contributed by atoms with van der Waals surface area (Å²) in [4.78, 5) is 4.26. The smallest absolute Gasteiger partial charge is 0.203 e. The molecule has 74 valence electrons. The van der Waals surface area contributed by atoms with Crippen LogP contribution in [0.4, 0.5) is 0 Å². The molecule has 0 fully saturated rings. The molecule has 0 spiro atoms. The van der Waals surface area contributed by atoms with Crippen molar-refractivity contribution in [3.8, 4) is 0 Å². The Morgan fingerprint density at radius 3 is 3.00 bits per heavy atom. The average molecular weight is 275 g/mol. The summed E-state index contributed by atoms with van der Waals surface area (Å²) in [6.45, 7) is 1.24. The average Bonchev–Trinajstić information content (AvgIpc) is 2.47. The van der Waals surface area contributed by atoms with E-state index in [1.807, 2.05) is 22.8 Å². The fourth-order valence-corrected chi connectivity index (χ4v) is 2.13. The zero-order valence-electron chi connectivity index (χ0n) is 7.37. The van der Waals surface area contributed by atoms with Crippen molar-refractivity contribution in [2.45, 2.75) is 6.54 Å². The van der Waals surface area contributed by atoms with Gasteiger partial charge in [0.1, 0.15) is 5.52 Å². The van der Waals surface area contributed by atoms with E-state index in [0.717, 1.165) is 15.5 Å². The van der Waals surface area contributed by atoms with Gasteiger partial charge in [0.15, 0.2) is 0 Å². The quantitative estimate of drug-likeness (QED) is 0.914. The molecule has 0 saturated carbocycles. The predicted octanol–water partition coefficient (Wildman–Crippen LogP) is 2.41. The van der Waals surface area contributed by atoms with E-state index in [9.17, 15) is 0 Å². The molecule has 14 heavy (non-hydrogen) atoms. The van der Waals surface area contributed by atoms with Crippen LogP contribution in [0, 0.1) is 0 Å². The van der Waals surface area contributed by atoms with Gasteiger partial charge in [-0.2, -0.15) is 0 Å². The fraction of sp³-hybridized carbons (Fsp3) is 0.222. The molecule has 2 aromatic rings. The van der Waals surface area contributed by atoms with Gasteiger partial charge in [-0.25, -0.2) is 4.98 Å². The highest BCUT2D eigenvalue weighted by atomic mass is 79.9. The highest BCUT2D eigenvalue weighted by molar-refractivity contribution is 9.10. The minimum atomic E-state index is 0.484. The molecule has 5 heteroatoms. The molecular formula is C9H9BrClN3. The van der Waals surface area contributed by atoms with Gasteiger partial charge in [0.2, 0.25) is 5.28 Å². The van der Waals surface area contributed by atoms with Crippen LogP contribution in [0.15, 0.2) is 22.7 Å². The molecule has 0 unspecified atom stereocenters. The first kappa shape index (κ1) is 9.96. The van der Waals surface area contributed by atoms with Gasteiger partial charge < -0.3 is 10.3 Å². The molecule has 1 aromatic heterocycles. The standard InChI is InChI=1S/C9H9BrClN3/c10-6-2-1-3-7-8(6)13-9(11)14(7)5-4-12/h1-3H,4-5,12H2. The number of nitrogens with zero attached hydrogens (tertiary/aromatic N) is 2. The Morgan fingerprint density at radius 1 is 1.50 bits per heavy atom. The van der Waals surface area contributed by atoms with Crippen LogP contribution in [-0.2, 0) is 6.54 Å². The normalized spacial score (nSPS) is 11.1. The lowest BCUT2D eigenvalue weighted by Crippen LogP contribution is -2.09. The second-order valence-electron chi connectivity index (χ2n) is 2.93. The molecule has 1 aromatic carbocycles. The van der Waals surface area contributed by atoms with Gasteiger partial charge in [0.05, 0.1) is 5.52 Å². The van der Waals surface area contributed by atoms with E-state index >= 15 is 0 Å². The van der Waals surface area contributed by atoms with E-state index in [-0.39, 0.29) is 0 Å². The third-order valence-electron chi connectivity index (χ3n) is 2.04. The van der Waals surface area contributed by atoms with Crippen LogP contribution in [0.1, 0.15) is 0 Å². The van der Waals surface area contributed by atoms with Crippen LogP contribution in [0.25, 0.3) is 11.0 Å². The zero-order chi connectivity index (χ0) is 10.1. The van der Waals surface area contributed by atoms with Crippen molar-refractivity contribution in [3.05, 3.63) is 28.0 Å². The van der Waals surface area contributed by atoms with Crippen molar-refractivity contribution in [3.63, 3.8) is 0 Å². The van der Waals surface area contributed by atoms with Crippen molar-refractivity contribution in [1.82, 2.24) is 9.55 Å². The fourth-order valence-electron chi connectivity index (χ4n) is 1.43. The van der Waals surface area contributed by atoms with Crippen LogP contribution >= 0.6 is 27.5 Å². The van der Waals surface area contributed by atoms with Crippen molar-refractivity contribution in [2.75, 3.05) is 6.54 Å². The number of imidazole rings is 1. The lowest BCUT2D eigenvalue weighted by atomic mass is 10.3. The Morgan fingerprint density at radius 2 is 2.29 bits per heavy atom. The summed E-state index contributed by atoms with van der Waals surface area (Å²) in [6.07, 6.45) is 0. The van der Waals surface area contributed by atoms with Crippen LogP contribution in [-0.4, -0.2) is 16.1 Å². The lowest BCUT2D eigenvalue weighted by molar-refractivity contribution is 0.729. The number of hydrogen-bond acceptors (Lipinski definition) is 2. The SMILES string of the molecule is NCCn1c(Cl)nc2c(Br)cccc21. The first-order valence-electron chi connectivity index (χ1n) is 4.24. The van der Waals surface area contributed by atoms with E-state index < -0.39 is 0 Å². The van der Waals surface area contributed by atoms with E-state index in [1.165, 1.54) is 0 Å². The van der Waals surface area contributed by atoms with Crippen LogP contribution in [0.2, 0.25) is 5.28 Å². The van der Waals surface area contributed by atoms with Crippen molar-refractivity contribution >= 4 is 38.6 Å². The number of aromatic nitrogens is 2. The van der Waals surface area contributed by atoms with E-state index in [0.29, 0.717) is 18.4 Å². The van der Waals surface area contributed by atoms with Gasteiger partial charge in [0.25, 0.3) is 0 Å². The minimum absolute atomic E-state index is 0.484. The van der Waals surface area contributed by atoms with E-state index in [2.05, 4.69) is 20.9 Å². The molecule has 0 radical (unpaired) electrons. The largest absolute Gasteiger partial charge is 0.329 e. The van der Waals surface area contributed by atoms with Gasteiger partial charge in [-0.3, -0.25) is 0 Å². The Kier molecular flexibility index (Phi) is 2.76. The summed E-state index contributed by atoms with van der Waals surface area (Å²) in [7, 11) is 0. The van der Waals surface area contributed by atoms with Crippen LogP contribution < -0.4 is 5.73 Å². The maximum Gasteiger partial charge on any atom is 0.203 e. The number of hydrogen-bond donors (Lipinski definition) is 1. The molecule has 2 N–H and O–H groups in total. The molecule has 2 rings (SSSR count). The first-order valence-corrected chi connectivity index (χ1v) is 5.41. The topological polar surface area (TPSA) is 43.8 Å². The van der Waals surface area contributed by atoms with Gasteiger partial charge in [-0.1, -0.05) is 6.07 Å².